The number of aromatic hydroxyl groups is 1. The highest BCUT2D eigenvalue weighted by molar-refractivity contribution is 5.79. The largest absolute Gasteiger partial charge is 0.508 e. The first kappa shape index (κ1) is 13.9. The molecule has 4 nitrogen and oxygen atoms in total. The third kappa shape index (κ3) is 3.47. The van der Waals surface area contributed by atoms with Gasteiger partial charge < -0.3 is 15.5 Å². The topological polar surface area (TPSA) is 69.6 Å². The van der Waals surface area contributed by atoms with Crippen molar-refractivity contribution in [3.05, 3.63) is 29.8 Å². The first-order chi connectivity index (χ1) is 9.10. The summed E-state index contributed by atoms with van der Waals surface area (Å²) >= 11 is 0. The number of aliphatic hydroxyl groups excluding tert-OH is 1. The summed E-state index contributed by atoms with van der Waals surface area (Å²) in [5.41, 5.74) is 0.642. The van der Waals surface area contributed by atoms with Gasteiger partial charge in [0.25, 0.3) is 0 Å². The molecule has 1 aliphatic rings. The smallest absolute Gasteiger partial charge is 0.224 e. The minimum Gasteiger partial charge on any atom is -0.508 e. The second-order valence-electron chi connectivity index (χ2n) is 5.27. The zero-order valence-corrected chi connectivity index (χ0v) is 11.2. The number of carbonyl (C=O) groups is 1. The molecular formula is C15H21NO3. The number of phenols is 1. The van der Waals surface area contributed by atoms with E-state index in [-0.39, 0.29) is 30.2 Å². The lowest BCUT2D eigenvalue weighted by Gasteiger charge is -2.37. The zero-order chi connectivity index (χ0) is 13.8. The Morgan fingerprint density at radius 1 is 1.42 bits per heavy atom. The number of benzene rings is 1. The van der Waals surface area contributed by atoms with E-state index in [9.17, 15) is 15.0 Å². The number of aliphatic hydroxyl groups is 1. The Bertz CT molecular complexity index is 441. The lowest BCUT2D eigenvalue weighted by molar-refractivity contribution is -0.122. The van der Waals surface area contributed by atoms with Gasteiger partial charge in [0.15, 0.2) is 0 Å². The molecule has 0 spiro atoms. The molecule has 1 aliphatic carbocycles. The van der Waals surface area contributed by atoms with Crippen molar-refractivity contribution in [1.29, 1.82) is 0 Å². The molecule has 1 saturated carbocycles. The average molecular weight is 263 g/mol. The summed E-state index contributed by atoms with van der Waals surface area (Å²) in [5, 5.41) is 22.0. The molecule has 2 rings (SSSR count). The molecule has 0 bridgehead atoms. The maximum absolute atomic E-state index is 12.0. The molecule has 4 heteroatoms. The van der Waals surface area contributed by atoms with E-state index in [2.05, 4.69) is 5.32 Å². The number of amides is 1. The minimum atomic E-state index is -0.200. The quantitative estimate of drug-likeness (QED) is 0.755. The van der Waals surface area contributed by atoms with Crippen molar-refractivity contribution in [3.8, 4) is 5.75 Å². The van der Waals surface area contributed by atoms with Gasteiger partial charge in [-0.3, -0.25) is 4.79 Å². The normalized spacial score (nSPS) is 23.5. The molecule has 19 heavy (non-hydrogen) atoms. The number of hydrogen-bond donors (Lipinski definition) is 3. The van der Waals surface area contributed by atoms with Crippen LogP contribution in [0.2, 0.25) is 0 Å². The molecule has 0 radical (unpaired) electrons. The molecule has 0 aliphatic heterocycles. The summed E-state index contributed by atoms with van der Waals surface area (Å²) in [7, 11) is 0. The highest BCUT2D eigenvalue weighted by Gasteiger charge is 2.33. The van der Waals surface area contributed by atoms with E-state index in [0.717, 1.165) is 19.3 Å². The monoisotopic (exact) mass is 263 g/mol. The SMILES string of the molecule is CC[C@@H](NC(=O)Cc1ccccc1O)C1CC(O)C1. The molecule has 1 atom stereocenters. The molecule has 0 heterocycles. The molecular weight excluding hydrogens is 242 g/mol. The predicted molar refractivity (Wildman–Crippen MR) is 72.8 cm³/mol. The Kier molecular flexibility index (Phi) is 4.43. The Hall–Kier alpha value is -1.55. The summed E-state index contributed by atoms with van der Waals surface area (Å²) in [6.45, 7) is 2.04. The van der Waals surface area contributed by atoms with Crippen LogP contribution in [0.3, 0.4) is 0 Å². The van der Waals surface area contributed by atoms with Crippen LogP contribution in [-0.4, -0.2) is 28.3 Å². The van der Waals surface area contributed by atoms with Crippen molar-refractivity contribution in [2.24, 2.45) is 5.92 Å². The van der Waals surface area contributed by atoms with Gasteiger partial charge in [0.2, 0.25) is 5.91 Å². The van der Waals surface area contributed by atoms with E-state index >= 15 is 0 Å². The Morgan fingerprint density at radius 3 is 2.68 bits per heavy atom. The van der Waals surface area contributed by atoms with Gasteiger partial charge >= 0.3 is 0 Å². The van der Waals surface area contributed by atoms with Gasteiger partial charge in [-0.15, -0.1) is 0 Å². The van der Waals surface area contributed by atoms with E-state index in [1.54, 1.807) is 18.2 Å². The maximum Gasteiger partial charge on any atom is 0.224 e. The van der Waals surface area contributed by atoms with Crippen LogP contribution in [0.15, 0.2) is 24.3 Å². The molecule has 1 amide bonds. The molecule has 1 aromatic rings. The summed E-state index contributed by atoms with van der Waals surface area (Å²) in [5.74, 6) is 0.466. The summed E-state index contributed by atoms with van der Waals surface area (Å²) in [6.07, 6.45) is 2.40. The standard InChI is InChI=1S/C15H21NO3/c1-2-13(11-7-12(17)8-11)16-15(19)9-10-5-3-4-6-14(10)18/h3-6,11-13,17-18H,2,7-9H2,1H3,(H,16,19)/t11?,12?,13-/m1/s1. The molecule has 104 valence electrons. The van der Waals surface area contributed by atoms with Crippen molar-refractivity contribution in [2.45, 2.75) is 44.8 Å². The van der Waals surface area contributed by atoms with Gasteiger partial charge in [0.05, 0.1) is 12.5 Å². The number of nitrogens with one attached hydrogen (secondary N) is 1. The van der Waals surface area contributed by atoms with Crippen LogP contribution in [0.4, 0.5) is 0 Å². The van der Waals surface area contributed by atoms with Crippen LogP contribution >= 0.6 is 0 Å². The first-order valence-corrected chi connectivity index (χ1v) is 6.84. The van der Waals surface area contributed by atoms with Crippen LogP contribution < -0.4 is 5.32 Å². The van der Waals surface area contributed by atoms with Gasteiger partial charge in [-0.05, 0) is 31.2 Å². The van der Waals surface area contributed by atoms with Crippen LogP contribution in [0.1, 0.15) is 31.7 Å². The highest BCUT2D eigenvalue weighted by atomic mass is 16.3. The van der Waals surface area contributed by atoms with Gasteiger partial charge in [0.1, 0.15) is 5.75 Å². The minimum absolute atomic E-state index is 0.0743. The van der Waals surface area contributed by atoms with Crippen LogP contribution in [-0.2, 0) is 11.2 Å². The number of hydrogen-bond acceptors (Lipinski definition) is 3. The van der Waals surface area contributed by atoms with Crippen molar-refractivity contribution in [2.75, 3.05) is 0 Å². The fourth-order valence-electron chi connectivity index (χ4n) is 2.60. The summed E-state index contributed by atoms with van der Waals surface area (Å²) < 4.78 is 0. The second kappa shape index (κ2) is 6.06. The zero-order valence-electron chi connectivity index (χ0n) is 11.2. The van der Waals surface area contributed by atoms with E-state index in [1.807, 2.05) is 13.0 Å². The van der Waals surface area contributed by atoms with E-state index in [0.29, 0.717) is 11.5 Å². The summed E-state index contributed by atoms with van der Waals surface area (Å²) in [4.78, 5) is 12.0. The Balaban J connectivity index is 1.88. The van der Waals surface area contributed by atoms with Crippen molar-refractivity contribution in [3.63, 3.8) is 0 Å². The van der Waals surface area contributed by atoms with Gasteiger partial charge in [0, 0.05) is 11.6 Å². The average Bonchev–Trinajstić information content (AvgIpc) is 2.35. The van der Waals surface area contributed by atoms with Gasteiger partial charge in [-0.2, -0.15) is 0 Å². The lowest BCUT2D eigenvalue weighted by Crippen LogP contribution is -2.47. The molecule has 3 N–H and O–H groups in total. The molecule has 1 fully saturated rings. The van der Waals surface area contributed by atoms with Gasteiger partial charge in [-0.25, -0.2) is 0 Å². The van der Waals surface area contributed by atoms with E-state index in [1.165, 1.54) is 0 Å². The van der Waals surface area contributed by atoms with Crippen LogP contribution in [0.25, 0.3) is 0 Å². The van der Waals surface area contributed by atoms with Crippen molar-refractivity contribution in [1.82, 2.24) is 5.32 Å². The number of para-hydroxylation sites is 1. The molecule has 0 saturated heterocycles. The highest BCUT2D eigenvalue weighted by Crippen LogP contribution is 2.31. The summed E-state index contributed by atoms with van der Waals surface area (Å²) in [6, 6.07) is 7.01. The van der Waals surface area contributed by atoms with Crippen LogP contribution in [0.5, 0.6) is 5.75 Å². The number of rotatable bonds is 5. The fourth-order valence-corrected chi connectivity index (χ4v) is 2.60. The third-order valence-electron chi connectivity index (χ3n) is 3.85. The predicted octanol–water partition coefficient (Wildman–Crippen LogP) is 1.60. The van der Waals surface area contributed by atoms with Crippen molar-refractivity contribution < 1.29 is 15.0 Å². The first-order valence-electron chi connectivity index (χ1n) is 6.84. The number of carbonyl (C=O) groups excluding carboxylic acids is 1. The fraction of sp³-hybridized carbons (Fsp3) is 0.533. The van der Waals surface area contributed by atoms with Crippen molar-refractivity contribution >= 4 is 5.91 Å². The Labute approximate surface area is 113 Å². The molecule has 1 aromatic carbocycles. The van der Waals surface area contributed by atoms with Crippen LogP contribution in [0, 0.1) is 5.92 Å². The molecule has 0 unspecified atom stereocenters. The van der Waals surface area contributed by atoms with Gasteiger partial charge in [-0.1, -0.05) is 25.1 Å². The Morgan fingerprint density at radius 2 is 2.11 bits per heavy atom. The lowest BCUT2D eigenvalue weighted by atomic mass is 9.76. The third-order valence-corrected chi connectivity index (χ3v) is 3.85. The molecule has 0 aromatic heterocycles. The number of phenolic OH excluding ortho intramolecular Hbond substituents is 1. The maximum atomic E-state index is 12.0. The van der Waals surface area contributed by atoms with E-state index in [4.69, 9.17) is 0 Å². The second-order valence-corrected chi connectivity index (χ2v) is 5.27. The van der Waals surface area contributed by atoms with E-state index < -0.39 is 0 Å².